The summed E-state index contributed by atoms with van der Waals surface area (Å²) >= 11 is 0. The van der Waals surface area contributed by atoms with Crippen LogP contribution in [-0.2, 0) is 6.42 Å². The lowest BCUT2D eigenvalue weighted by Gasteiger charge is -2.42. The average molecular weight is 544 g/mol. The largest absolute Gasteiger partial charge is 0.489 e. The van der Waals surface area contributed by atoms with Crippen LogP contribution in [0.3, 0.4) is 0 Å². The van der Waals surface area contributed by atoms with Gasteiger partial charge in [0.2, 0.25) is 0 Å². The van der Waals surface area contributed by atoms with Crippen LogP contribution in [0, 0.1) is 11.6 Å². The van der Waals surface area contributed by atoms with Crippen molar-refractivity contribution in [3.05, 3.63) is 63.1 Å². The third-order valence-corrected chi connectivity index (χ3v) is 7.25. The lowest BCUT2D eigenvalue weighted by atomic mass is 9.84. The van der Waals surface area contributed by atoms with Gasteiger partial charge in [0.05, 0.1) is 24.8 Å². The molecule has 0 unspecified atom stereocenters. The number of benzene rings is 2. The molecule has 0 aliphatic carbocycles. The molecule has 0 spiro atoms. The second kappa shape index (κ2) is 10.3. The van der Waals surface area contributed by atoms with Gasteiger partial charge in [-0.25, -0.2) is 13.6 Å². The van der Waals surface area contributed by atoms with Crippen LogP contribution in [0.15, 0.2) is 33.5 Å². The van der Waals surface area contributed by atoms with Crippen molar-refractivity contribution in [1.29, 1.82) is 0 Å². The Bertz CT molecular complexity index is 1350. The van der Waals surface area contributed by atoms with Crippen LogP contribution in [0.1, 0.15) is 42.5 Å². The predicted octanol–water partition coefficient (Wildman–Crippen LogP) is 5.11. The van der Waals surface area contributed by atoms with Crippen molar-refractivity contribution in [1.82, 2.24) is 14.8 Å². The number of hydrogen-bond acceptors (Lipinski definition) is 5. The Morgan fingerprint density at radius 3 is 2.61 bits per heavy atom. The zero-order chi connectivity index (χ0) is 27.2. The molecule has 1 fully saturated rings. The average Bonchev–Trinajstić information content (AvgIpc) is 3.43. The van der Waals surface area contributed by atoms with Gasteiger partial charge in [-0.3, -0.25) is 19.2 Å². The lowest BCUT2D eigenvalue weighted by molar-refractivity contribution is -0.155. The van der Waals surface area contributed by atoms with Crippen LogP contribution in [0.4, 0.5) is 26.3 Å². The number of rotatable bonds is 7. The normalized spacial score (nSPS) is 22.8. The Balaban J connectivity index is 1.52. The quantitative estimate of drug-likeness (QED) is 0.420. The maximum Gasteiger partial charge on any atom is 0.417 e. The summed E-state index contributed by atoms with van der Waals surface area (Å²) < 4.78 is 95.5. The molecule has 6 nitrogen and oxygen atoms in total. The standard InChI is InChI=1S/C26H27F6N3O3/c1-14-9-18-17(3-4-21-24(18)38-25(36)33-21)23(35(14)13-26(30,31)32)22-19(28)10-16(11-20(22)29)37-15-5-8-34(12-15)7-2-6-27/h3-4,10-11,14-15,23H,2,5-9,12-13H2,1H3,(H,33,36)/t14-,15+,23+/m1/s1. The van der Waals surface area contributed by atoms with E-state index in [9.17, 15) is 22.4 Å². The Morgan fingerprint density at radius 1 is 1.18 bits per heavy atom. The van der Waals surface area contributed by atoms with Crippen LogP contribution >= 0.6 is 0 Å². The maximum absolute atomic E-state index is 15.6. The fourth-order valence-electron chi connectivity index (χ4n) is 5.64. The highest BCUT2D eigenvalue weighted by molar-refractivity contribution is 5.78. The molecule has 2 aliphatic heterocycles. The van der Waals surface area contributed by atoms with E-state index in [1.165, 1.54) is 19.1 Å². The number of oxazole rings is 1. The highest BCUT2D eigenvalue weighted by atomic mass is 19.4. The monoisotopic (exact) mass is 543 g/mol. The Labute approximate surface area is 214 Å². The molecular formula is C26H27F6N3O3. The second-order valence-electron chi connectivity index (χ2n) is 9.94. The molecule has 1 N–H and O–H groups in total. The van der Waals surface area contributed by atoms with Gasteiger partial charge in [0, 0.05) is 48.9 Å². The fourth-order valence-corrected chi connectivity index (χ4v) is 5.64. The second-order valence-corrected chi connectivity index (χ2v) is 9.94. The number of aromatic nitrogens is 1. The van der Waals surface area contributed by atoms with E-state index in [2.05, 4.69) is 4.98 Å². The molecule has 3 heterocycles. The van der Waals surface area contributed by atoms with Crippen LogP contribution < -0.4 is 10.5 Å². The maximum atomic E-state index is 15.6. The van der Waals surface area contributed by atoms with E-state index in [4.69, 9.17) is 9.15 Å². The molecule has 206 valence electrons. The number of fused-ring (bicyclic) bond motifs is 3. The molecule has 2 aliphatic rings. The van der Waals surface area contributed by atoms with E-state index in [1.54, 1.807) is 0 Å². The lowest BCUT2D eigenvalue weighted by Crippen LogP contribution is -2.47. The summed E-state index contributed by atoms with van der Waals surface area (Å²) in [4.78, 5) is 17.3. The van der Waals surface area contributed by atoms with Crippen molar-refractivity contribution in [3.8, 4) is 5.75 Å². The number of aromatic amines is 1. The summed E-state index contributed by atoms with van der Waals surface area (Å²) in [6, 6.07) is 2.71. The third kappa shape index (κ3) is 5.28. The van der Waals surface area contributed by atoms with E-state index in [1.807, 2.05) is 4.90 Å². The molecule has 3 atom stereocenters. The highest BCUT2D eigenvalue weighted by Crippen LogP contribution is 2.44. The fraction of sp³-hybridized carbons (Fsp3) is 0.500. The van der Waals surface area contributed by atoms with E-state index in [-0.39, 0.29) is 29.4 Å². The number of alkyl halides is 4. The molecule has 1 saturated heterocycles. The van der Waals surface area contributed by atoms with Crippen LogP contribution in [0.5, 0.6) is 5.75 Å². The zero-order valence-electron chi connectivity index (χ0n) is 20.6. The SMILES string of the molecule is C[C@@H]1Cc2c(ccc3[nH]c(=O)oc23)[C@@H](c2c(F)cc(O[C@H]3CCN(CCCF)C3)cc2F)N1CC(F)(F)F. The minimum atomic E-state index is -4.62. The van der Waals surface area contributed by atoms with Gasteiger partial charge in [0.15, 0.2) is 5.58 Å². The molecule has 0 saturated carbocycles. The molecule has 3 aromatic rings. The number of halogens is 6. The molecule has 2 aromatic carbocycles. The zero-order valence-corrected chi connectivity index (χ0v) is 20.6. The molecule has 0 amide bonds. The predicted molar refractivity (Wildman–Crippen MR) is 127 cm³/mol. The van der Waals surface area contributed by atoms with Gasteiger partial charge in [-0.05, 0) is 37.8 Å². The number of hydrogen-bond donors (Lipinski definition) is 1. The number of H-pyrrole nitrogens is 1. The van der Waals surface area contributed by atoms with Crippen LogP contribution in [0.25, 0.3) is 11.1 Å². The van der Waals surface area contributed by atoms with Crippen molar-refractivity contribution in [2.75, 3.05) is 32.9 Å². The molecule has 5 rings (SSSR count). The summed E-state index contributed by atoms with van der Waals surface area (Å²) in [5.74, 6) is -2.88. The molecular weight excluding hydrogens is 516 g/mol. The van der Waals surface area contributed by atoms with Gasteiger partial charge in [-0.2, -0.15) is 13.2 Å². The molecule has 0 radical (unpaired) electrons. The number of nitrogens with zero attached hydrogens (tertiary/aromatic N) is 2. The topological polar surface area (TPSA) is 61.7 Å². The summed E-state index contributed by atoms with van der Waals surface area (Å²) in [7, 11) is 0. The minimum Gasteiger partial charge on any atom is -0.489 e. The van der Waals surface area contributed by atoms with Crippen molar-refractivity contribution in [3.63, 3.8) is 0 Å². The first-order valence-electron chi connectivity index (χ1n) is 12.4. The summed E-state index contributed by atoms with van der Waals surface area (Å²) in [6.07, 6.45) is -3.89. The Morgan fingerprint density at radius 2 is 1.92 bits per heavy atom. The van der Waals surface area contributed by atoms with Crippen LogP contribution in [0.2, 0.25) is 0 Å². The van der Waals surface area contributed by atoms with Crippen LogP contribution in [-0.4, -0.2) is 66.0 Å². The summed E-state index contributed by atoms with van der Waals surface area (Å²) in [5.41, 5.74) is 0.632. The van der Waals surface area contributed by atoms with Gasteiger partial charge in [0.25, 0.3) is 0 Å². The van der Waals surface area contributed by atoms with Crippen molar-refractivity contribution < 1.29 is 35.5 Å². The van der Waals surface area contributed by atoms with Crippen molar-refractivity contribution in [2.45, 2.75) is 50.6 Å². The Kier molecular flexibility index (Phi) is 7.21. The van der Waals surface area contributed by atoms with Gasteiger partial charge in [-0.15, -0.1) is 0 Å². The minimum absolute atomic E-state index is 0.0698. The van der Waals surface area contributed by atoms with E-state index < -0.39 is 54.4 Å². The molecule has 12 heteroatoms. The highest BCUT2D eigenvalue weighted by Gasteiger charge is 2.43. The van der Waals surface area contributed by atoms with Gasteiger partial charge in [0.1, 0.15) is 23.5 Å². The first-order chi connectivity index (χ1) is 18.0. The third-order valence-electron chi connectivity index (χ3n) is 7.25. The first-order valence-corrected chi connectivity index (χ1v) is 12.4. The number of ether oxygens (including phenoxy) is 1. The molecule has 38 heavy (non-hydrogen) atoms. The van der Waals surface area contributed by atoms with Gasteiger partial charge < -0.3 is 9.15 Å². The van der Waals surface area contributed by atoms with Crippen molar-refractivity contribution in [2.24, 2.45) is 0 Å². The molecule has 1 aromatic heterocycles. The number of likely N-dealkylation sites (tertiary alicyclic amines) is 1. The Hall–Kier alpha value is -2.99. The van der Waals surface area contributed by atoms with Gasteiger partial charge in [-0.1, -0.05) is 6.07 Å². The van der Waals surface area contributed by atoms with E-state index >= 15 is 8.78 Å². The smallest absolute Gasteiger partial charge is 0.417 e. The molecule has 0 bridgehead atoms. The van der Waals surface area contributed by atoms with E-state index in [0.29, 0.717) is 43.6 Å². The first kappa shape index (κ1) is 26.6. The summed E-state index contributed by atoms with van der Waals surface area (Å²) in [6.45, 7) is 1.42. The van der Waals surface area contributed by atoms with Crippen molar-refractivity contribution >= 4 is 11.1 Å². The van der Waals surface area contributed by atoms with E-state index in [0.717, 1.165) is 17.0 Å². The number of nitrogens with one attached hydrogen (secondary N) is 1. The van der Waals surface area contributed by atoms with Gasteiger partial charge >= 0.3 is 11.9 Å². The summed E-state index contributed by atoms with van der Waals surface area (Å²) in [5, 5.41) is 0.